The standard InChI is InChI=1S/C17H19BrN2O/c18-17-8-4-1-5-13(17)11-16(21)12-14-9-10-20(19-14)15-6-2-3-7-15/h1,4-5,8-10,15H,2-3,6-7,11-12H2. The molecular weight excluding hydrogens is 328 g/mol. The molecule has 1 aromatic carbocycles. The molecule has 0 saturated heterocycles. The van der Waals surface area contributed by atoms with E-state index in [2.05, 4.69) is 21.0 Å². The Bertz CT molecular complexity index is 629. The Kier molecular flexibility index (Phi) is 4.54. The zero-order valence-electron chi connectivity index (χ0n) is 12.0. The number of Topliss-reactive ketones (excluding diaryl/α,β-unsaturated/α-hetero) is 1. The number of benzene rings is 1. The number of aromatic nitrogens is 2. The highest BCUT2D eigenvalue weighted by atomic mass is 79.9. The van der Waals surface area contributed by atoms with E-state index in [-0.39, 0.29) is 5.78 Å². The number of halogens is 1. The summed E-state index contributed by atoms with van der Waals surface area (Å²) in [5.41, 5.74) is 1.93. The van der Waals surface area contributed by atoms with Crippen molar-refractivity contribution in [1.29, 1.82) is 0 Å². The SMILES string of the molecule is O=C(Cc1ccn(C2CCCC2)n1)Cc1ccccc1Br. The third kappa shape index (κ3) is 3.62. The smallest absolute Gasteiger partial charge is 0.143 e. The molecule has 0 N–H and O–H groups in total. The molecule has 0 spiro atoms. The van der Waals surface area contributed by atoms with Crippen LogP contribution in [0.4, 0.5) is 0 Å². The Balaban J connectivity index is 1.61. The van der Waals surface area contributed by atoms with E-state index < -0.39 is 0 Å². The highest BCUT2D eigenvalue weighted by Gasteiger charge is 2.18. The van der Waals surface area contributed by atoms with Crippen molar-refractivity contribution >= 4 is 21.7 Å². The van der Waals surface area contributed by atoms with Gasteiger partial charge in [0.1, 0.15) is 5.78 Å². The minimum atomic E-state index is 0.207. The first-order valence-corrected chi connectivity index (χ1v) is 8.31. The van der Waals surface area contributed by atoms with Gasteiger partial charge in [0.15, 0.2) is 0 Å². The van der Waals surface area contributed by atoms with Crippen LogP contribution in [0.25, 0.3) is 0 Å². The van der Waals surface area contributed by atoms with Gasteiger partial charge in [-0.05, 0) is 30.5 Å². The Morgan fingerprint density at radius 2 is 1.95 bits per heavy atom. The van der Waals surface area contributed by atoms with Crippen LogP contribution in [0.3, 0.4) is 0 Å². The minimum absolute atomic E-state index is 0.207. The Labute approximate surface area is 133 Å². The van der Waals surface area contributed by atoms with E-state index in [4.69, 9.17) is 0 Å². The van der Waals surface area contributed by atoms with Gasteiger partial charge in [-0.1, -0.05) is 47.0 Å². The maximum absolute atomic E-state index is 12.2. The Morgan fingerprint density at radius 3 is 2.71 bits per heavy atom. The summed E-state index contributed by atoms with van der Waals surface area (Å²) in [6, 6.07) is 10.4. The molecule has 0 bridgehead atoms. The van der Waals surface area contributed by atoms with E-state index in [0.717, 1.165) is 15.7 Å². The average Bonchev–Trinajstić information content (AvgIpc) is 3.12. The second-order valence-corrected chi connectivity index (χ2v) is 6.56. The molecule has 1 aromatic heterocycles. The van der Waals surface area contributed by atoms with Crippen LogP contribution < -0.4 is 0 Å². The molecule has 3 rings (SSSR count). The molecule has 4 heteroatoms. The van der Waals surface area contributed by atoms with Crippen molar-refractivity contribution in [2.24, 2.45) is 0 Å². The summed E-state index contributed by atoms with van der Waals surface area (Å²) in [5, 5.41) is 4.58. The van der Waals surface area contributed by atoms with Crippen LogP contribution in [0, 0.1) is 0 Å². The summed E-state index contributed by atoms with van der Waals surface area (Å²) in [7, 11) is 0. The fraction of sp³-hybridized carbons (Fsp3) is 0.412. The molecule has 0 unspecified atom stereocenters. The molecule has 3 nitrogen and oxygen atoms in total. The van der Waals surface area contributed by atoms with Gasteiger partial charge in [-0.15, -0.1) is 0 Å². The Morgan fingerprint density at radius 1 is 1.19 bits per heavy atom. The van der Waals surface area contributed by atoms with Crippen LogP contribution in [0.15, 0.2) is 41.0 Å². The van der Waals surface area contributed by atoms with Crippen molar-refractivity contribution in [2.75, 3.05) is 0 Å². The molecular formula is C17H19BrN2O. The van der Waals surface area contributed by atoms with Crippen LogP contribution in [0.2, 0.25) is 0 Å². The summed E-state index contributed by atoms with van der Waals surface area (Å²) >= 11 is 3.49. The third-order valence-electron chi connectivity index (χ3n) is 4.09. The van der Waals surface area contributed by atoms with Crippen molar-refractivity contribution in [3.8, 4) is 0 Å². The second-order valence-electron chi connectivity index (χ2n) is 5.71. The molecule has 0 amide bonds. The molecule has 1 heterocycles. The summed E-state index contributed by atoms with van der Waals surface area (Å²) in [5.74, 6) is 0.207. The first-order chi connectivity index (χ1) is 10.2. The molecule has 0 atom stereocenters. The number of carbonyl (C=O) groups is 1. The summed E-state index contributed by atoms with van der Waals surface area (Å²) < 4.78 is 3.04. The van der Waals surface area contributed by atoms with E-state index in [1.807, 2.05) is 41.2 Å². The van der Waals surface area contributed by atoms with Crippen LogP contribution in [0.5, 0.6) is 0 Å². The lowest BCUT2D eigenvalue weighted by molar-refractivity contribution is -0.117. The van der Waals surface area contributed by atoms with Crippen molar-refractivity contribution in [3.05, 3.63) is 52.3 Å². The number of hydrogen-bond acceptors (Lipinski definition) is 2. The number of ketones is 1. The Hall–Kier alpha value is -1.42. The van der Waals surface area contributed by atoms with Gasteiger partial charge in [-0.25, -0.2) is 0 Å². The second kappa shape index (κ2) is 6.56. The van der Waals surface area contributed by atoms with Gasteiger partial charge in [-0.3, -0.25) is 9.48 Å². The quantitative estimate of drug-likeness (QED) is 0.816. The van der Waals surface area contributed by atoms with Crippen molar-refractivity contribution < 1.29 is 4.79 Å². The predicted octanol–water partition coefficient (Wildman–Crippen LogP) is 4.12. The lowest BCUT2D eigenvalue weighted by atomic mass is 10.1. The van der Waals surface area contributed by atoms with E-state index >= 15 is 0 Å². The lowest BCUT2D eigenvalue weighted by Gasteiger charge is -2.08. The summed E-state index contributed by atoms with van der Waals surface area (Å²) in [4.78, 5) is 12.2. The molecule has 110 valence electrons. The van der Waals surface area contributed by atoms with Gasteiger partial charge in [0, 0.05) is 17.1 Å². The van der Waals surface area contributed by atoms with Crippen molar-refractivity contribution in [3.63, 3.8) is 0 Å². The van der Waals surface area contributed by atoms with Gasteiger partial charge in [0.2, 0.25) is 0 Å². The van der Waals surface area contributed by atoms with Gasteiger partial charge >= 0.3 is 0 Å². The lowest BCUT2D eigenvalue weighted by Crippen LogP contribution is -2.10. The third-order valence-corrected chi connectivity index (χ3v) is 4.86. The van der Waals surface area contributed by atoms with E-state index in [1.165, 1.54) is 25.7 Å². The fourth-order valence-corrected chi connectivity index (χ4v) is 3.39. The molecule has 0 aliphatic heterocycles. The molecule has 1 aliphatic rings. The monoisotopic (exact) mass is 346 g/mol. The normalized spacial score (nSPS) is 15.5. The van der Waals surface area contributed by atoms with Crippen LogP contribution in [-0.4, -0.2) is 15.6 Å². The van der Waals surface area contributed by atoms with Gasteiger partial charge < -0.3 is 0 Å². The molecule has 2 aromatic rings. The van der Waals surface area contributed by atoms with E-state index in [9.17, 15) is 4.79 Å². The summed E-state index contributed by atoms with van der Waals surface area (Å²) in [6.07, 6.45) is 7.91. The van der Waals surface area contributed by atoms with Gasteiger partial charge in [-0.2, -0.15) is 5.10 Å². The predicted molar refractivity (Wildman–Crippen MR) is 86.3 cm³/mol. The topological polar surface area (TPSA) is 34.9 Å². The molecule has 1 fully saturated rings. The van der Waals surface area contributed by atoms with E-state index in [0.29, 0.717) is 18.9 Å². The first-order valence-electron chi connectivity index (χ1n) is 7.51. The number of nitrogens with zero attached hydrogens (tertiary/aromatic N) is 2. The molecule has 21 heavy (non-hydrogen) atoms. The minimum Gasteiger partial charge on any atom is -0.299 e. The fourth-order valence-electron chi connectivity index (χ4n) is 2.96. The molecule has 0 radical (unpaired) electrons. The number of hydrogen-bond donors (Lipinski definition) is 0. The van der Waals surface area contributed by atoms with Gasteiger partial charge in [0.05, 0.1) is 18.2 Å². The van der Waals surface area contributed by atoms with Crippen LogP contribution in [-0.2, 0) is 17.6 Å². The maximum Gasteiger partial charge on any atom is 0.143 e. The largest absolute Gasteiger partial charge is 0.299 e. The molecule has 1 aliphatic carbocycles. The summed E-state index contributed by atoms with van der Waals surface area (Å²) in [6.45, 7) is 0. The highest BCUT2D eigenvalue weighted by Crippen LogP contribution is 2.28. The van der Waals surface area contributed by atoms with Gasteiger partial charge in [0.25, 0.3) is 0 Å². The van der Waals surface area contributed by atoms with Crippen molar-refractivity contribution in [1.82, 2.24) is 9.78 Å². The molecule has 1 saturated carbocycles. The first kappa shape index (κ1) is 14.5. The zero-order valence-corrected chi connectivity index (χ0v) is 13.6. The van der Waals surface area contributed by atoms with Crippen LogP contribution >= 0.6 is 15.9 Å². The average molecular weight is 347 g/mol. The zero-order chi connectivity index (χ0) is 14.7. The highest BCUT2D eigenvalue weighted by molar-refractivity contribution is 9.10. The maximum atomic E-state index is 12.2. The van der Waals surface area contributed by atoms with Crippen molar-refractivity contribution in [2.45, 2.75) is 44.6 Å². The number of rotatable bonds is 5. The number of carbonyl (C=O) groups excluding carboxylic acids is 1. The van der Waals surface area contributed by atoms with Crippen LogP contribution in [0.1, 0.15) is 43.0 Å². The van der Waals surface area contributed by atoms with E-state index in [1.54, 1.807) is 0 Å².